The number of carbonyl (C=O) groups excluding carboxylic acids is 1. The van der Waals surface area contributed by atoms with Gasteiger partial charge in [0.25, 0.3) is 0 Å². The summed E-state index contributed by atoms with van der Waals surface area (Å²) in [4.78, 5) is 10.8. The van der Waals surface area contributed by atoms with Gasteiger partial charge in [0.1, 0.15) is 5.82 Å². The highest BCUT2D eigenvalue weighted by Gasteiger charge is 2.29. The summed E-state index contributed by atoms with van der Waals surface area (Å²) >= 11 is 0. The molecule has 1 aromatic heterocycles. The summed E-state index contributed by atoms with van der Waals surface area (Å²) in [5.41, 5.74) is 6.45. The largest absolute Gasteiger partial charge is 0.416 e. The van der Waals surface area contributed by atoms with Crippen molar-refractivity contribution in [2.75, 3.05) is 5.73 Å². The normalized spacial score (nSPS) is 11.6. The number of nitrogen functional groups attached to an aromatic ring is 1. The monoisotopic (exact) mass is 283 g/mol. The second-order valence-electron chi connectivity index (χ2n) is 4.35. The second-order valence-corrected chi connectivity index (χ2v) is 4.35. The molecule has 0 aliphatic carbocycles. The van der Waals surface area contributed by atoms with E-state index in [0.717, 1.165) is 12.1 Å². The van der Waals surface area contributed by atoms with E-state index in [0.29, 0.717) is 23.1 Å². The second kappa shape index (κ2) is 4.99. The minimum Gasteiger partial charge on any atom is -0.383 e. The molecule has 0 aliphatic rings. The first-order chi connectivity index (χ1) is 9.32. The van der Waals surface area contributed by atoms with Crippen molar-refractivity contribution in [3.05, 3.63) is 46.6 Å². The zero-order valence-corrected chi connectivity index (χ0v) is 10.6. The Morgan fingerprint density at radius 1 is 1.30 bits per heavy atom. The molecule has 4 nitrogen and oxygen atoms in total. The van der Waals surface area contributed by atoms with E-state index in [9.17, 15) is 18.0 Å². The van der Waals surface area contributed by atoms with Crippen LogP contribution in [0, 0.1) is 6.92 Å². The summed E-state index contributed by atoms with van der Waals surface area (Å²) in [6.45, 7) is 1.85. The van der Waals surface area contributed by atoms with Crippen LogP contribution in [-0.4, -0.2) is 16.1 Å². The predicted molar refractivity (Wildman–Crippen MR) is 67.3 cm³/mol. The molecule has 0 amide bonds. The Labute approximate surface area is 113 Å². The molecular formula is C13H12F3N3O. The number of hydrogen-bond donors (Lipinski definition) is 1. The topological polar surface area (TPSA) is 60.9 Å². The van der Waals surface area contributed by atoms with Crippen molar-refractivity contribution < 1.29 is 18.0 Å². The summed E-state index contributed by atoms with van der Waals surface area (Å²) in [5, 5.41) is 4.09. The van der Waals surface area contributed by atoms with Crippen molar-refractivity contribution in [1.29, 1.82) is 0 Å². The molecule has 7 heteroatoms. The van der Waals surface area contributed by atoms with Gasteiger partial charge >= 0.3 is 6.18 Å². The summed E-state index contributed by atoms with van der Waals surface area (Å²) < 4.78 is 38.7. The number of nitrogens with two attached hydrogens (primary N) is 1. The van der Waals surface area contributed by atoms with Crippen LogP contribution in [-0.2, 0) is 12.7 Å². The molecule has 0 bridgehead atoms. The lowest BCUT2D eigenvalue weighted by Gasteiger charge is -2.08. The van der Waals surface area contributed by atoms with Crippen LogP contribution >= 0.6 is 0 Å². The predicted octanol–water partition coefficient (Wildman–Crippen LogP) is 2.65. The van der Waals surface area contributed by atoms with Crippen LogP contribution in [0.25, 0.3) is 0 Å². The third-order valence-corrected chi connectivity index (χ3v) is 2.95. The molecule has 0 saturated carbocycles. The fourth-order valence-corrected chi connectivity index (χ4v) is 1.85. The zero-order valence-electron chi connectivity index (χ0n) is 10.6. The Morgan fingerprint density at radius 3 is 2.35 bits per heavy atom. The van der Waals surface area contributed by atoms with Crippen molar-refractivity contribution >= 4 is 12.1 Å². The number of alkyl halides is 3. The first-order valence-corrected chi connectivity index (χ1v) is 5.77. The number of hydrogen-bond acceptors (Lipinski definition) is 3. The van der Waals surface area contributed by atoms with Crippen LogP contribution in [0.1, 0.15) is 27.2 Å². The Balaban J connectivity index is 2.25. The fraction of sp³-hybridized carbons (Fsp3) is 0.231. The van der Waals surface area contributed by atoms with Crippen LogP contribution in [0.4, 0.5) is 19.0 Å². The number of aryl methyl sites for hydroxylation is 1. The van der Waals surface area contributed by atoms with Crippen molar-refractivity contribution in [1.82, 2.24) is 9.78 Å². The maximum absolute atomic E-state index is 12.4. The van der Waals surface area contributed by atoms with E-state index in [1.54, 1.807) is 6.92 Å². The van der Waals surface area contributed by atoms with Gasteiger partial charge in [0.05, 0.1) is 23.4 Å². The average molecular weight is 283 g/mol. The van der Waals surface area contributed by atoms with Gasteiger partial charge in [0.2, 0.25) is 0 Å². The first kappa shape index (κ1) is 14.1. The summed E-state index contributed by atoms with van der Waals surface area (Å²) in [5.74, 6) is 0.206. The van der Waals surface area contributed by atoms with Crippen LogP contribution in [0.3, 0.4) is 0 Å². The molecule has 2 aromatic rings. The van der Waals surface area contributed by atoms with Gasteiger partial charge in [-0.3, -0.25) is 4.79 Å². The quantitative estimate of drug-likeness (QED) is 0.881. The number of nitrogens with zero attached hydrogens (tertiary/aromatic N) is 2. The van der Waals surface area contributed by atoms with Crippen molar-refractivity contribution in [2.45, 2.75) is 19.6 Å². The maximum Gasteiger partial charge on any atom is 0.416 e. The van der Waals surface area contributed by atoms with Gasteiger partial charge in [-0.25, -0.2) is 4.68 Å². The maximum atomic E-state index is 12.4. The summed E-state index contributed by atoms with van der Waals surface area (Å²) in [6.07, 6.45) is -3.74. The highest BCUT2D eigenvalue weighted by atomic mass is 19.4. The molecule has 20 heavy (non-hydrogen) atoms. The SMILES string of the molecule is Cc1nn(Cc2ccc(C(F)(F)F)cc2)c(N)c1C=O. The standard InChI is InChI=1S/C13H12F3N3O/c1-8-11(7-20)12(17)19(18-8)6-9-2-4-10(5-3-9)13(14,15)16/h2-5,7H,6,17H2,1H3. The lowest BCUT2D eigenvalue weighted by Crippen LogP contribution is -2.08. The number of aromatic nitrogens is 2. The number of rotatable bonds is 3. The molecule has 0 aliphatic heterocycles. The van der Waals surface area contributed by atoms with Gasteiger partial charge in [-0.1, -0.05) is 12.1 Å². The van der Waals surface area contributed by atoms with Crippen LogP contribution in [0.5, 0.6) is 0 Å². The number of anilines is 1. The number of benzene rings is 1. The van der Waals surface area contributed by atoms with Gasteiger partial charge in [-0.05, 0) is 24.6 Å². The van der Waals surface area contributed by atoms with Gasteiger partial charge in [-0.2, -0.15) is 18.3 Å². The van der Waals surface area contributed by atoms with E-state index in [-0.39, 0.29) is 12.4 Å². The summed E-state index contributed by atoms with van der Waals surface area (Å²) in [6, 6.07) is 4.73. The number of halogens is 3. The Morgan fingerprint density at radius 2 is 1.90 bits per heavy atom. The average Bonchev–Trinajstić information content (AvgIpc) is 2.63. The van der Waals surface area contributed by atoms with E-state index in [2.05, 4.69) is 5.10 Å². The Bertz CT molecular complexity index is 630. The van der Waals surface area contributed by atoms with E-state index >= 15 is 0 Å². The third kappa shape index (κ3) is 2.66. The van der Waals surface area contributed by atoms with Crippen LogP contribution in [0.2, 0.25) is 0 Å². The number of carbonyl (C=O) groups is 1. The molecule has 0 fully saturated rings. The Hall–Kier alpha value is -2.31. The highest BCUT2D eigenvalue weighted by Crippen LogP contribution is 2.29. The summed E-state index contributed by atoms with van der Waals surface area (Å²) in [7, 11) is 0. The van der Waals surface area contributed by atoms with Gasteiger partial charge in [0, 0.05) is 0 Å². The lowest BCUT2D eigenvalue weighted by molar-refractivity contribution is -0.137. The van der Waals surface area contributed by atoms with Gasteiger partial charge in [-0.15, -0.1) is 0 Å². The molecule has 0 spiro atoms. The smallest absolute Gasteiger partial charge is 0.383 e. The first-order valence-electron chi connectivity index (χ1n) is 5.77. The van der Waals surface area contributed by atoms with E-state index in [1.807, 2.05) is 0 Å². The molecule has 2 N–H and O–H groups in total. The Kier molecular flexibility index (Phi) is 3.52. The zero-order chi connectivity index (χ0) is 14.9. The van der Waals surface area contributed by atoms with Crippen molar-refractivity contribution in [2.24, 2.45) is 0 Å². The van der Waals surface area contributed by atoms with Crippen LogP contribution in [0.15, 0.2) is 24.3 Å². The minimum absolute atomic E-state index is 0.206. The van der Waals surface area contributed by atoms with E-state index in [4.69, 9.17) is 5.73 Å². The van der Waals surface area contributed by atoms with Crippen LogP contribution < -0.4 is 5.73 Å². The molecule has 106 valence electrons. The van der Waals surface area contributed by atoms with Gasteiger partial charge in [0.15, 0.2) is 6.29 Å². The molecule has 1 heterocycles. The molecular weight excluding hydrogens is 271 g/mol. The molecule has 0 atom stereocenters. The fourth-order valence-electron chi connectivity index (χ4n) is 1.85. The van der Waals surface area contributed by atoms with E-state index in [1.165, 1.54) is 16.8 Å². The lowest BCUT2D eigenvalue weighted by atomic mass is 10.1. The van der Waals surface area contributed by atoms with Crippen molar-refractivity contribution in [3.63, 3.8) is 0 Å². The van der Waals surface area contributed by atoms with Crippen molar-refractivity contribution in [3.8, 4) is 0 Å². The number of aldehydes is 1. The van der Waals surface area contributed by atoms with Gasteiger partial charge < -0.3 is 5.73 Å². The highest BCUT2D eigenvalue weighted by molar-refractivity contribution is 5.83. The van der Waals surface area contributed by atoms with E-state index < -0.39 is 11.7 Å². The molecule has 0 radical (unpaired) electrons. The molecule has 0 unspecified atom stereocenters. The molecule has 1 aromatic carbocycles. The third-order valence-electron chi connectivity index (χ3n) is 2.95. The molecule has 0 saturated heterocycles. The minimum atomic E-state index is -4.36. The molecule has 2 rings (SSSR count).